The molecule has 2 heterocycles. The molecule has 2 atom stereocenters. The van der Waals surface area contributed by atoms with Crippen molar-refractivity contribution in [3.63, 3.8) is 0 Å². The molecule has 1 aromatic rings. The van der Waals surface area contributed by atoms with Gasteiger partial charge in [-0.3, -0.25) is 14.6 Å². The van der Waals surface area contributed by atoms with Gasteiger partial charge in [-0.25, -0.2) is 0 Å². The van der Waals surface area contributed by atoms with Crippen molar-refractivity contribution >= 4 is 23.2 Å². The highest BCUT2D eigenvalue weighted by molar-refractivity contribution is 7.09. The smallest absolute Gasteiger partial charge is 0.245 e. The van der Waals surface area contributed by atoms with Gasteiger partial charge in [0.15, 0.2) is 0 Å². The molecule has 2 unspecified atom stereocenters. The second-order valence-electron chi connectivity index (χ2n) is 4.91. The van der Waals surface area contributed by atoms with E-state index in [1.165, 1.54) is 11.3 Å². The summed E-state index contributed by atoms with van der Waals surface area (Å²) in [5.41, 5.74) is 1.76. The van der Waals surface area contributed by atoms with Crippen molar-refractivity contribution in [3.8, 4) is 0 Å². The molecule has 0 bridgehead atoms. The number of nitrogens with one attached hydrogen (secondary N) is 1. The van der Waals surface area contributed by atoms with Crippen LogP contribution in [0.5, 0.6) is 0 Å². The van der Waals surface area contributed by atoms with Crippen molar-refractivity contribution in [1.29, 1.82) is 0 Å². The number of thiazole rings is 1. The molecule has 2 rings (SSSR count). The predicted octanol–water partition coefficient (Wildman–Crippen LogP) is 1.41. The fraction of sp³-hybridized carbons (Fsp3) is 0.615. The monoisotopic (exact) mass is 281 g/mol. The third kappa shape index (κ3) is 3.32. The van der Waals surface area contributed by atoms with Crippen LogP contribution in [0.15, 0.2) is 11.7 Å². The summed E-state index contributed by atoms with van der Waals surface area (Å²) in [4.78, 5) is 31.1. The third-order valence-electron chi connectivity index (χ3n) is 3.55. The predicted molar refractivity (Wildman–Crippen MR) is 73.5 cm³/mol. The summed E-state index contributed by atoms with van der Waals surface area (Å²) in [5.74, 6) is 0.137. The number of nitrogens with zero attached hydrogens (tertiary/aromatic N) is 2. The van der Waals surface area contributed by atoms with Crippen molar-refractivity contribution in [2.75, 3.05) is 6.54 Å². The van der Waals surface area contributed by atoms with E-state index in [0.29, 0.717) is 19.5 Å². The number of hydrogen-bond donors (Lipinski definition) is 1. The van der Waals surface area contributed by atoms with Crippen LogP contribution in [-0.4, -0.2) is 34.3 Å². The molecule has 2 amide bonds. The van der Waals surface area contributed by atoms with Gasteiger partial charge in [-0.1, -0.05) is 20.3 Å². The molecule has 0 aliphatic carbocycles. The van der Waals surface area contributed by atoms with Crippen LogP contribution in [0.2, 0.25) is 0 Å². The van der Waals surface area contributed by atoms with Crippen LogP contribution in [0.4, 0.5) is 0 Å². The lowest BCUT2D eigenvalue weighted by atomic mass is 9.98. The van der Waals surface area contributed by atoms with E-state index in [0.717, 1.165) is 11.3 Å². The van der Waals surface area contributed by atoms with Crippen LogP contribution in [0.3, 0.4) is 0 Å². The van der Waals surface area contributed by atoms with Gasteiger partial charge < -0.3 is 10.2 Å². The zero-order chi connectivity index (χ0) is 13.8. The topological polar surface area (TPSA) is 62.3 Å². The standard InChI is InChI=1S/C13H19N3O2S/c1-3-9(2)12-13(18)16(5-4-11(17)15-12)7-10-6-14-8-19-10/h6,8-9,12H,3-5,7H2,1-2H3,(H,15,17). The molecular weight excluding hydrogens is 262 g/mol. The first-order valence-electron chi connectivity index (χ1n) is 6.57. The SMILES string of the molecule is CCC(C)C1NC(=O)CCN(Cc2cncs2)C1=O. The van der Waals surface area contributed by atoms with Gasteiger partial charge in [0.1, 0.15) is 6.04 Å². The minimum absolute atomic E-state index is 0.0219. The van der Waals surface area contributed by atoms with Crippen LogP contribution in [0.1, 0.15) is 31.6 Å². The molecule has 104 valence electrons. The summed E-state index contributed by atoms with van der Waals surface area (Å²) < 4.78 is 0. The summed E-state index contributed by atoms with van der Waals surface area (Å²) in [6.45, 7) is 5.06. The van der Waals surface area contributed by atoms with Crippen molar-refractivity contribution in [1.82, 2.24) is 15.2 Å². The summed E-state index contributed by atoms with van der Waals surface area (Å²) in [5, 5.41) is 2.85. The molecule has 19 heavy (non-hydrogen) atoms. The first kappa shape index (κ1) is 14.0. The van der Waals surface area contributed by atoms with Crippen molar-refractivity contribution in [2.45, 2.75) is 39.3 Å². The van der Waals surface area contributed by atoms with Gasteiger partial charge in [0.05, 0.1) is 12.1 Å². The summed E-state index contributed by atoms with van der Waals surface area (Å²) >= 11 is 1.53. The Balaban J connectivity index is 2.13. The quantitative estimate of drug-likeness (QED) is 0.907. The Bertz CT molecular complexity index is 447. The highest BCUT2D eigenvalue weighted by Crippen LogP contribution is 2.17. The summed E-state index contributed by atoms with van der Waals surface area (Å²) in [6.07, 6.45) is 3.01. The Labute approximate surface area is 117 Å². The first-order chi connectivity index (χ1) is 9.11. The number of hydrogen-bond acceptors (Lipinski definition) is 4. The van der Waals surface area contributed by atoms with Gasteiger partial charge in [-0.2, -0.15) is 0 Å². The molecule has 1 saturated heterocycles. The highest BCUT2D eigenvalue weighted by atomic mass is 32.1. The van der Waals surface area contributed by atoms with Crippen LogP contribution >= 0.6 is 11.3 Å². The van der Waals surface area contributed by atoms with E-state index in [1.807, 2.05) is 13.8 Å². The minimum Gasteiger partial charge on any atom is -0.344 e. The number of rotatable bonds is 4. The molecule has 1 aliphatic heterocycles. The maximum Gasteiger partial charge on any atom is 0.245 e. The minimum atomic E-state index is -0.395. The van der Waals surface area contributed by atoms with Crippen molar-refractivity contribution in [2.24, 2.45) is 5.92 Å². The molecule has 0 saturated carbocycles. The molecular formula is C13H19N3O2S. The molecule has 5 nitrogen and oxygen atoms in total. The third-order valence-corrected chi connectivity index (χ3v) is 4.31. The molecule has 6 heteroatoms. The molecule has 1 aromatic heterocycles. The van der Waals surface area contributed by atoms with Crippen LogP contribution in [-0.2, 0) is 16.1 Å². The zero-order valence-corrected chi connectivity index (χ0v) is 12.1. The fourth-order valence-electron chi connectivity index (χ4n) is 2.14. The van der Waals surface area contributed by atoms with Gasteiger partial charge in [0, 0.05) is 24.0 Å². The van der Waals surface area contributed by atoms with E-state index in [2.05, 4.69) is 10.3 Å². The maximum atomic E-state index is 12.5. The van der Waals surface area contributed by atoms with E-state index in [-0.39, 0.29) is 17.7 Å². The molecule has 1 fully saturated rings. The average Bonchev–Trinajstić information content (AvgIpc) is 2.87. The van der Waals surface area contributed by atoms with Gasteiger partial charge in [-0.05, 0) is 5.92 Å². The maximum absolute atomic E-state index is 12.5. The Morgan fingerprint density at radius 2 is 2.37 bits per heavy atom. The fourth-order valence-corrected chi connectivity index (χ4v) is 2.75. The van der Waals surface area contributed by atoms with Crippen molar-refractivity contribution in [3.05, 3.63) is 16.6 Å². The number of amides is 2. The van der Waals surface area contributed by atoms with Crippen LogP contribution in [0.25, 0.3) is 0 Å². The van der Waals surface area contributed by atoms with E-state index in [1.54, 1.807) is 16.6 Å². The average molecular weight is 281 g/mol. The lowest BCUT2D eigenvalue weighted by Crippen LogP contribution is -2.48. The number of aromatic nitrogens is 1. The van der Waals surface area contributed by atoms with Crippen LogP contribution < -0.4 is 5.32 Å². The lowest BCUT2D eigenvalue weighted by Gasteiger charge is -2.26. The second-order valence-corrected chi connectivity index (χ2v) is 5.88. The molecule has 0 radical (unpaired) electrons. The van der Waals surface area contributed by atoms with Gasteiger partial charge in [-0.15, -0.1) is 11.3 Å². The van der Waals surface area contributed by atoms with E-state index in [9.17, 15) is 9.59 Å². The lowest BCUT2D eigenvalue weighted by molar-refractivity contribution is -0.135. The Morgan fingerprint density at radius 1 is 1.58 bits per heavy atom. The Morgan fingerprint density at radius 3 is 3.00 bits per heavy atom. The van der Waals surface area contributed by atoms with Gasteiger partial charge in [0.25, 0.3) is 0 Å². The molecule has 0 spiro atoms. The Hall–Kier alpha value is -1.43. The normalized spacial score (nSPS) is 22.0. The molecule has 0 aromatic carbocycles. The first-order valence-corrected chi connectivity index (χ1v) is 7.45. The van der Waals surface area contributed by atoms with E-state index in [4.69, 9.17) is 0 Å². The van der Waals surface area contributed by atoms with Gasteiger partial charge in [0.2, 0.25) is 11.8 Å². The highest BCUT2D eigenvalue weighted by Gasteiger charge is 2.32. The molecule has 1 aliphatic rings. The largest absolute Gasteiger partial charge is 0.344 e. The van der Waals surface area contributed by atoms with Gasteiger partial charge >= 0.3 is 0 Å². The Kier molecular flexibility index (Phi) is 4.52. The second kappa shape index (κ2) is 6.14. The summed E-state index contributed by atoms with van der Waals surface area (Å²) in [6, 6.07) is -0.395. The van der Waals surface area contributed by atoms with E-state index >= 15 is 0 Å². The van der Waals surface area contributed by atoms with E-state index < -0.39 is 6.04 Å². The summed E-state index contributed by atoms with van der Waals surface area (Å²) in [7, 11) is 0. The van der Waals surface area contributed by atoms with Crippen molar-refractivity contribution < 1.29 is 9.59 Å². The zero-order valence-electron chi connectivity index (χ0n) is 11.3. The number of carbonyl (C=O) groups is 2. The molecule has 1 N–H and O–H groups in total. The number of carbonyl (C=O) groups excluding carboxylic acids is 2. The van der Waals surface area contributed by atoms with Crippen LogP contribution in [0, 0.1) is 5.92 Å².